The van der Waals surface area contributed by atoms with Gasteiger partial charge in [-0.05, 0) is 43.1 Å². The maximum Gasteiger partial charge on any atom is 0.0991 e. The summed E-state index contributed by atoms with van der Waals surface area (Å²) < 4.78 is 0. The van der Waals surface area contributed by atoms with Crippen molar-refractivity contribution in [3.05, 3.63) is 34.9 Å². The number of benzene rings is 1. The van der Waals surface area contributed by atoms with Crippen LogP contribution in [0.4, 0.5) is 0 Å². The lowest BCUT2D eigenvalue weighted by Crippen LogP contribution is -2.14. The summed E-state index contributed by atoms with van der Waals surface area (Å²) in [6.45, 7) is 6.13. The Morgan fingerprint density at radius 2 is 2.21 bits per heavy atom. The number of rotatable bonds is 4. The van der Waals surface area contributed by atoms with Crippen molar-refractivity contribution in [2.45, 2.75) is 26.8 Å². The average molecular weight is 188 g/mol. The van der Waals surface area contributed by atoms with Crippen LogP contribution in [0.2, 0.25) is 0 Å². The molecule has 0 aliphatic heterocycles. The molecule has 0 radical (unpaired) electrons. The molecule has 0 amide bonds. The fraction of sp³-hybridized carbons (Fsp3) is 0.417. The number of aryl methyl sites for hydroxylation is 1. The molecule has 0 spiro atoms. The van der Waals surface area contributed by atoms with E-state index < -0.39 is 0 Å². The third-order valence-corrected chi connectivity index (χ3v) is 2.21. The Bertz CT molecular complexity index is 337. The normalized spacial score (nSPS) is 9.79. The van der Waals surface area contributed by atoms with E-state index in [0.717, 1.165) is 25.1 Å². The van der Waals surface area contributed by atoms with Gasteiger partial charge in [-0.3, -0.25) is 0 Å². The van der Waals surface area contributed by atoms with Gasteiger partial charge in [-0.15, -0.1) is 0 Å². The lowest BCUT2D eigenvalue weighted by Gasteiger charge is -2.06. The molecule has 2 nitrogen and oxygen atoms in total. The summed E-state index contributed by atoms with van der Waals surface area (Å²) in [5.74, 6) is 0. The quantitative estimate of drug-likeness (QED) is 0.736. The van der Waals surface area contributed by atoms with Crippen molar-refractivity contribution >= 4 is 0 Å². The van der Waals surface area contributed by atoms with Gasteiger partial charge in [0.2, 0.25) is 0 Å². The van der Waals surface area contributed by atoms with Crippen LogP contribution in [0.25, 0.3) is 0 Å². The van der Waals surface area contributed by atoms with Gasteiger partial charge in [0.25, 0.3) is 0 Å². The molecule has 0 atom stereocenters. The van der Waals surface area contributed by atoms with Crippen LogP contribution < -0.4 is 5.32 Å². The Hall–Kier alpha value is -1.33. The molecule has 0 saturated heterocycles. The fourth-order valence-corrected chi connectivity index (χ4v) is 1.36. The standard InChI is InChI=1S/C12H16N2/c1-3-6-14-9-12-5-4-11(8-13)7-10(12)2/h4-5,7,14H,3,6,9H2,1-2H3. The van der Waals surface area contributed by atoms with E-state index in [9.17, 15) is 0 Å². The highest BCUT2D eigenvalue weighted by Gasteiger charge is 1.98. The topological polar surface area (TPSA) is 35.8 Å². The molecule has 0 unspecified atom stereocenters. The first kappa shape index (κ1) is 10.7. The molecule has 0 bridgehead atoms. The third-order valence-electron chi connectivity index (χ3n) is 2.21. The monoisotopic (exact) mass is 188 g/mol. The summed E-state index contributed by atoms with van der Waals surface area (Å²) in [6.07, 6.45) is 1.15. The first-order valence-electron chi connectivity index (χ1n) is 4.98. The molecule has 0 saturated carbocycles. The Morgan fingerprint density at radius 3 is 2.79 bits per heavy atom. The van der Waals surface area contributed by atoms with Gasteiger partial charge in [-0.1, -0.05) is 13.0 Å². The van der Waals surface area contributed by atoms with Crippen molar-refractivity contribution in [3.63, 3.8) is 0 Å². The molecular formula is C12H16N2. The summed E-state index contributed by atoms with van der Waals surface area (Å²) >= 11 is 0. The Morgan fingerprint density at radius 1 is 1.43 bits per heavy atom. The minimum absolute atomic E-state index is 0.738. The number of nitrogens with zero attached hydrogens (tertiary/aromatic N) is 1. The zero-order chi connectivity index (χ0) is 10.4. The number of nitriles is 1. The molecule has 0 aromatic heterocycles. The van der Waals surface area contributed by atoms with E-state index in [0.29, 0.717) is 0 Å². The largest absolute Gasteiger partial charge is 0.313 e. The number of nitrogens with one attached hydrogen (secondary N) is 1. The number of hydrogen-bond donors (Lipinski definition) is 1. The third kappa shape index (κ3) is 2.86. The SMILES string of the molecule is CCCNCc1ccc(C#N)cc1C. The van der Waals surface area contributed by atoms with E-state index in [2.05, 4.69) is 18.3 Å². The van der Waals surface area contributed by atoms with Crippen molar-refractivity contribution in [1.29, 1.82) is 5.26 Å². The van der Waals surface area contributed by atoms with Crippen LogP contribution in [0.3, 0.4) is 0 Å². The van der Waals surface area contributed by atoms with E-state index in [1.807, 2.05) is 25.1 Å². The van der Waals surface area contributed by atoms with Crippen LogP contribution in [0.15, 0.2) is 18.2 Å². The second-order valence-electron chi connectivity index (χ2n) is 3.43. The maximum absolute atomic E-state index is 8.70. The molecule has 14 heavy (non-hydrogen) atoms. The molecule has 1 rings (SSSR count). The molecule has 0 aliphatic rings. The molecule has 2 heteroatoms. The molecule has 0 aliphatic carbocycles. The van der Waals surface area contributed by atoms with Gasteiger partial charge in [0.1, 0.15) is 0 Å². The highest BCUT2D eigenvalue weighted by molar-refractivity contribution is 5.37. The lowest BCUT2D eigenvalue weighted by molar-refractivity contribution is 0.673. The van der Waals surface area contributed by atoms with Crippen LogP contribution in [-0.4, -0.2) is 6.54 Å². The van der Waals surface area contributed by atoms with Gasteiger partial charge in [-0.25, -0.2) is 0 Å². The van der Waals surface area contributed by atoms with Gasteiger partial charge in [-0.2, -0.15) is 5.26 Å². The van der Waals surface area contributed by atoms with E-state index in [1.165, 1.54) is 11.1 Å². The van der Waals surface area contributed by atoms with E-state index in [1.54, 1.807) is 0 Å². The number of hydrogen-bond acceptors (Lipinski definition) is 2. The summed E-state index contributed by atoms with van der Waals surface area (Å²) in [6, 6.07) is 7.97. The van der Waals surface area contributed by atoms with Crippen LogP contribution in [0.5, 0.6) is 0 Å². The molecule has 1 aromatic carbocycles. The lowest BCUT2D eigenvalue weighted by atomic mass is 10.1. The van der Waals surface area contributed by atoms with E-state index in [-0.39, 0.29) is 0 Å². The zero-order valence-corrected chi connectivity index (χ0v) is 8.80. The minimum Gasteiger partial charge on any atom is -0.313 e. The summed E-state index contributed by atoms with van der Waals surface area (Å²) in [5, 5.41) is 12.0. The highest BCUT2D eigenvalue weighted by atomic mass is 14.8. The van der Waals surface area contributed by atoms with Crippen molar-refractivity contribution in [3.8, 4) is 6.07 Å². The molecule has 1 aromatic rings. The van der Waals surface area contributed by atoms with Crippen LogP contribution in [0.1, 0.15) is 30.0 Å². The predicted octanol–water partition coefficient (Wildman–Crippen LogP) is 2.37. The van der Waals surface area contributed by atoms with Crippen LogP contribution in [0, 0.1) is 18.3 Å². The Balaban J connectivity index is 2.65. The fourth-order valence-electron chi connectivity index (χ4n) is 1.36. The smallest absolute Gasteiger partial charge is 0.0991 e. The summed E-state index contributed by atoms with van der Waals surface area (Å²) in [7, 11) is 0. The maximum atomic E-state index is 8.70. The average Bonchev–Trinajstić information content (AvgIpc) is 2.20. The van der Waals surface area contributed by atoms with Crippen molar-refractivity contribution < 1.29 is 0 Å². The van der Waals surface area contributed by atoms with Crippen LogP contribution in [-0.2, 0) is 6.54 Å². The predicted molar refractivity (Wildman–Crippen MR) is 57.9 cm³/mol. The molecule has 0 fully saturated rings. The highest BCUT2D eigenvalue weighted by Crippen LogP contribution is 2.10. The Labute approximate surface area is 85.6 Å². The summed E-state index contributed by atoms with van der Waals surface area (Å²) in [4.78, 5) is 0. The summed E-state index contributed by atoms with van der Waals surface area (Å²) in [5.41, 5.74) is 3.20. The van der Waals surface area contributed by atoms with Gasteiger partial charge in [0.15, 0.2) is 0 Å². The minimum atomic E-state index is 0.738. The van der Waals surface area contributed by atoms with Crippen molar-refractivity contribution in [2.24, 2.45) is 0 Å². The van der Waals surface area contributed by atoms with Gasteiger partial charge in [0.05, 0.1) is 11.6 Å². The van der Waals surface area contributed by atoms with E-state index >= 15 is 0 Å². The van der Waals surface area contributed by atoms with Gasteiger partial charge in [0, 0.05) is 6.54 Å². The van der Waals surface area contributed by atoms with Gasteiger partial charge >= 0.3 is 0 Å². The second-order valence-corrected chi connectivity index (χ2v) is 3.43. The molecule has 0 heterocycles. The first-order valence-corrected chi connectivity index (χ1v) is 4.98. The second kappa shape index (κ2) is 5.41. The van der Waals surface area contributed by atoms with Crippen molar-refractivity contribution in [1.82, 2.24) is 5.32 Å². The zero-order valence-electron chi connectivity index (χ0n) is 8.80. The molecule has 74 valence electrons. The molecule has 1 N–H and O–H groups in total. The van der Waals surface area contributed by atoms with E-state index in [4.69, 9.17) is 5.26 Å². The van der Waals surface area contributed by atoms with Crippen molar-refractivity contribution in [2.75, 3.05) is 6.54 Å². The molecular weight excluding hydrogens is 172 g/mol. The van der Waals surface area contributed by atoms with Gasteiger partial charge < -0.3 is 5.32 Å². The Kier molecular flexibility index (Phi) is 4.15. The first-order chi connectivity index (χ1) is 6.77. The van der Waals surface area contributed by atoms with Crippen LogP contribution >= 0.6 is 0 Å².